The van der Waals surface area contributed by atoms with Gasteiger partial charge < -0.3 is 20.1 Å². The van der Waals surface area contributed by atoms with Gasteiger partial charge in [-0.1, -0.05) is 6.07 Å². The first kappa shape index (κ1) is 24.1. The maximum atomic E-state index is 13.1. The van der Waals surface area contributed by atoms with E-state index >= 15 is 0 Å². The number of ether oxygens (including phenoxy) is 2. The quantitative estimate of drug-likeness (QED) is 0.626. The summed E-state index contributed by atoms with van der Waals surface area (Å²) in [7, 11) is -3.52. The summed E-state index contributed by atoms with van der Waals surface area (Å²) >= 11 is 0. The number of fused-ring (bicyclic) bond motifs is 1. The lowest BCUT2D eigenvalue weighted by Gasteiger charge is -2.27. The molecule has 0 atom stereocenters. The van der Waals surface area contributed by atoms with Gasteiger partial charge in [-0.3, -0.25) is 10.1 Å². The third kappa shape index (κ3) is 6.00. The molecular formula is C21H27FN4O5S. The van der Waals surface area contributed by atoms with Crippen LogP contribution in [0, 0.1) is 0 Å². The number of amides is 1. The third-order valence-corrected chi connectivity index (χ3v) is 7.62. The van der Waals surface area contributed by atoms with Gasteiger partial charge in [0.2, 0.25) is 6.86 Å². The molecule has 1 aliphatic rings. The van der Waals surface area contributed by atoms with E-state index in [0.717, 1.165) is 5.56 Å². The van der Waals surface area contributed by atoms with Gasteiger partial charge >= 0.3 is 0 Å². The minimum absolute atomic E-state index is 0.109. The minimum Gasteiger partial charge on any atom is -0.461 e. The van der Waals surface area contributed by atoms with Crippen LogP contribution in [0.3, 0.4) is 0 Å². The molecule has 3 N–H and O–H groups in total. The topological polar surface area (TPSA) is 119 Å². The van der Waals surface area contributed by atoms with Crippen molar-refractivity contribution in [1.82, 2.24) is 15.6 Å². The highest BCUT2D eigenvalue weighted by Crippen LogP contribution is 2.26. The maximum Gasteiger partial charge on any atom is 0.274 e. The summed E-state index contributed by atoms with van der Waals surface area (Å²) in [5.74, 6) is -0.469. The predicted octanol–water partition coefficient (Wildman–Crippen LogP) is 1.96. The number of hydrogen-bond donors (Lipinski definition) is 3. The number of carbonyl (C=O) groups is 1. The molecule has 9 nitrogen and oxygen atoms in total. The lowest BCUT2D eigenvalue weighted by atomic mass is 10.1. The number of nitrogens with one attached hydrogen (secondary N) is 3. The van der Waals surface area contributed by atoms with Crippen molar-refractivity contribution in [2.24, 2.45) is 0 Å². The first-order valence-electron chi connectivity index (χ1n) is 10.0. The average Bonchev–Trinajstić information content (AvgIpc) is 2.74. The van der Waals surface area contributed by atoms with E-state index in [1.54, 1.807) is 32.0 Å². The highest BCUT2D eigenvalue weighted by molar-refractivity contribution is 7.92. The summed E-state index contributed by atoms with van der Waals surface area (Å²) in [4.78, 5) is 16.5. The molecule has 0 fully saturated rings. The van der Waals surface area contributed by atoms with Crippen LogP contribution in [0.4, 0.5) is 10.1 Å². The highest BCUT2D eigenvalue weighted by Gasteiger charge is 2.34. The number of pyridine rings is 1. The zero-order valence-electron chi connectivity index (χ0n) is 18.0. The number of rotatable bonds is 4. The summed E-state index contributed by atoms with van der Waals surface area (Å²) in [6.07, 6.45) is 1.25. The molecule has 2 heterocycles. The van der Waals surface area contributed by atoms with Crippen LogP contribution in [0.1, 0.15) is 35.5 Å². The fourth-order valence-corrected chi connectivity index (χ4v) is 4.47. The van der Waals surface area contributed by atoms with Crippen LogP contribution in [0.15, 0.2) is 36.5 Å². The summed E-state index contributed by atoms with van der Waals surface area (Å²) in [5, 5.41) is 8.84. The van der Waals surface area contributed by atoms with E-state index in [1.807, 2.05) is 0 Å². The van der Waals surface area contributed by atoms with E-state index in [2.05, 4.69) is 25.7 Å². The Morgan fingerprint density at radius 1 is 1.25 bits per heavy atom. The van der Waals surface area contributed by atoms with Crippen LogP contribution >= 0.6 is 0 Å². The first-order valence-corrected chi connectivity index (χ1v) is 11.7. The van der Waals surface area contributed by atoms with Crippen LogP contribution in [0.2, 0.25) is 0 Å². The maximum absolute atomic E-state index is 13.1. The number of nitrogens with zero attached hydrogens (tertiary/aromatic N) is 1. The number of aromatic nitrogens is 1. The molecule has 0 bridgehead atoms. The van der Waals surface area contributed by atoms with Gasteiger partial charge in [0.25, 0.3) is 5.91 Å². The van der Waals surface area contributed by atoms with Crippen LogP contribution in [-0.4, -0.2) is 50.9 Å². The number of anilines is 1. The Morgan fingerprint density at radius 2 is 2.06 bits per heavy atom. The second kappa shape index (κ2) is 10.3. The van der Waals surface area contributed by atoms with Crippen molar-refractivity contribution >= 4 is 21.4 Å². The molecule has 0 aliphatic carbocycles. The Labute approximate surface area is 186 Å². The minimum atomic E-state index is -3.52. The fourth-order valence-electron chi connectivity index (χ4n) is 3.08. The first-order chi connectivity index (χ1) is 15.2. The zero-order valence-corrected chi connectivity index (χ0v) is 18.8. The summed E-state index contributed by atoms with van der Waals surface area (Å²) in [6.45, 7) is 3.64. The molecule has 3 rings (SSSR count). The lowest BCUT2D eigenvalue weighted by molar-refractivity contribution is 0.101. The molecule has 2 aromatic rings. The second-order valence-electron chi connectivity index (χ2n) is 7.94. The van der Waals surface area contributed by atoms with Gasteiger partial charge in [0.05, 0.1) is 30.0 Å². The number of benzene rings is 1. The summed E-state index contributed by atoms with van der Waals surface area (Å²) in [6, 6.07) is 7.91. The second-order valence-corrected chi connectivity index (χ2v) is 10.6. The molecule has 0 saturated carbocycles. The molecule has 32 heavy (non-hydrogen) atoms. The Bertz CT molecular complexity index is 1040. The molecule has 0 saturated heterocycles. The predicted molar refractivity (Wildman–Crippen MR) is 118 cm³/mol. The molecule has 174 valence electrons. The van der Waals surface area contributed by atoms with Gasteiger partial charge in [-0.05, 0) is 49.2 Å². The number of halogens is 1. The molecule has 11 heteroatoms. The zero-order chi connectivity index (χ0) is 23.2. The van der Waals surface area contributed by atoms with E-state index in [9.17, 15) is 17.6 Å². The third-order valence-electron chi connectivity index (χ3n) is 5.10. The molecule has 0 spiro atoms. The Balaban J connectivity index is 1.84. The van der Waals surface area contributed by atoms with E-state index in [4.69, 9.17) is 4.74 Å². The van der Waals surface area contributed by atoms with Gasteiger partial charge in [-0.25, -0.2) is 17.8 Å². The van der Waals surface area contributed by atoms with Crippen LogP contribution in [-0.2, 0) is 26.9 Å². The fraction of sp³-hybridized carbons (Fsp3) is 0.429. The van der Waals surface area contributed by atoms with Gasteiger partial charge in [0, 0.05) is 18.9 Å². The van der Waals surface area contributed by atoms with E-state index in [1.165, 1.54) is 18.3 Å². The van der Waals surface area contributed by atoms with Crippen molar-refractivity contribution in [3.05, 3.63) is 53.3 Å². The van der Waals surface area contributed by atoms with E-state index in [0.29, 0.717) is 24.7 Å². The summed E-state index contributed by atoms with van der Waals surface area (Å²) in [5.41, 5.74) is 1.81. The normalized spacial score (nSPS) is 18.5. The Kier molecular flexibility index (Phi) is 7.77. The number of sulfone groups is 1. The van der Waals surface area contributed by atoms with Crippen molar-refractivity contribution in [2.45, 2.75) is 31.0 Å². The van der Waals surface area contributed by atoms with Gasteiger partial charge in [0.15, 0.2) is 9.84 Å². The van der Waals surface area contributed by atoms with Crippen molar-refractivity contribution in [2.75, 3.05) is 32.1 Å². The van der Waals surface area contributed by atoms with Gasteiger partial charge in [-0.2, -0.15) is 0 Å². The van der Waals surface area contributed by atoms with Crippen molar-refractivity contribution in [1.29, 1.82) is 0 Å². The number of carbonyl (C=O) groups excluding carboxylic acids is 1. The van der Waals surface area contributed by atoms with Gasteiger partial charge in [-0.15, -0.1) is 0 Å². The molecule has 1 aliphatic heterocycles. The monoisotopic (exact) mass is 466 g/mol. The Morgan fingerprint density at radius 3 is 2.78 bits per heavy atom. The van der Waals surface area contributed by atoms with Gasteiger partial charge in [0.1, 0.15) is 11.4 Å². The van der Waals surface area contributed by atoms with Crippen LogP contribution in [0.25, 0.3) is 0 Å². The van der Waals surface area contributed by atoms with Crippen molar-refractivity contribution in [3.63, 3.8) is 0 Å². The smallest absolute Gasteiger partial charge is 0.274 e. The largest absolute Gasteiger partial charge is 0.461 e. The SMILES string of the molecule is CC1(C)CNCNCOCc2ccc(NC(=O)c3ccc(OCF)cn3)cc2CS1(=O)=O. The number of hydrogen-bond acceptors (Lipinski definition) is 8. The molecular weight excluding hydrogens is 439 g/mol. The molecule has 0 unspecified atom stereocenters. The van der Waals surface area contributed by atoms with Crippen molar-refractivity contribution in [3.8, 4) is 5.75 Å². The Hall–Kier alpha value is -2.60. The lowest BCUT2D eigenvalue weighted by Crippen LogP contribution is -2.45. The molecule has 1 amide bonds. The van der Waals surface area contributed by atoms with E-state index < -0.39 is 27.4 Å². The molecule has 0 radical (unpaired) electrons. The average molecular weight is 467 g/mol. The molecule has 1 aromatic carbocycles. The molecule has 1 aromatic heterocycles. The standard InChI is InChI=1S/C21H27FN4O5S/c1-21(2)11-23-13-24-14-30-9-15-3-4-17(7-16(15)10-32(21,28)29)26-20(27)19-6-5-18(8-25-19)31-12-22/h3-8,23-24H,9-14H2,1-2H3,(H,26,27). The van der Waals surface area contributed by atoms with E-state index in [-0.39, 0.29) is 30.3 Å². The van der Waals surface area contributed by atoms with Crippen molar-refractivity contribution < 1.29 is 27.1 Å². The highest BCUT2D eigenvalue weighted by atomic mass is 32.2. The van der Waals surface area contributed by atoms with Crippen LogP contribution in [0.5, 0.6) is 5.75 Å². The summed E-state index contributed by atoms with van der Waals surface area (Å²) < 4.78 is 47.7. The van der Waals surface area contributed by atoms with Crippen LogP contribution < -0.4 is 20.7 Å². The number of alkyl halides is 1.